The number of Topliss-reactive ketones (excluding diaryl/α,β-unsaturated/α-hetero) is 1. The van der Waals surface area contributed by atoms with Crippen LogP contribution in [0.15, 0.2) is 11.4 Å². The molecule has 0 aliphatic carbocycles. The molecule has 0 fully saturated rings. The summed E-state index contributed by atoms with van der Waals surface area (Å²) in [6.07, 6.45) is -1.61. The van der Waals surface area contributed by atoms with Crippen molar-refractivity contribution >= 4 is 34.0 Å². The van der Waals surface area contributed by atoms with Crippen LogP contribution in [0.3, 0.4) is 0 Å². The van der Waals surface area contributed by atoms with Gasteiger partial charge < -0.3 is 10.2 Å². The third-order valence-electron chi connectivity index (χ3n) is 2.39. The van der Waals surface area contributed by atoms with Crippen molar-refractivity contribution in [3.8, 4) is 0 Å². The van der Waals surface area contributed by atoms with E-state index in [4.69, 9.17) is 0 Å². The number of ketones is 1. The highest BCUT2D eigenvalue weighted by Gasteiger charge is 2.20. The van der Waals surface area contributed by atoms with E-state index in [0.29, 0.717) is 22.6 Å². The summed E-state index contributed by atoms with van der Waals surface area (Å²) in [6.45, 7) is 2.92. The Kier molecular flexibility index (Phi) is 6.01. The molecule has 2 unspecified atom stereocenters. The second-order valence-electron chi connectivity index (χ2n) is 3.94. The van der Waals surface area contributed by atoms with Gasteiger partial charge in [0.25, 0.3) is 0 Å². The van der Waals surface area contributed by atoms with E-state index < -0.39 is 12.2 Å². The molecule has 100 valence electrons. The minimum atomic E-state index is -1.01. The predicted molar refractivity (Wildman–Crippen MR) is 73.0 cm³/mol. The minimum absolute atomic E-state index is 0.00825. The molecule has 0 saturated heterocycles. The second kappa shape index (κ2) is 7.04. The first-order chi connectivity index (χ1) is 8.41. The van der Waals surface area contributed by atoms with E-state index >= 15 is 0 Å². The topological polar surface area (TPSA) is 74.6 Å². The van der Waals surface area contributed by atoms with Gasteiger partial charge in [-0.05, 0) is 30.4 Å². The third kappa shape index (κ3) is 4.53. The third-order valence-corrected chi connectivity index (χ3v) is 4.29. The molecule has 4 nitrogen and oxygen atoms in total. The molecule has 6 heteroatoms. The lowest BCUT2D eigenvalue weighted by atomic mass is 10.1. The maximum Gasteiger partial charge on any atom is 0.185 e. The van der Waals surface area contributed by atoms with Gasteiger partial charge in [0.1, 0.15) is 6.10 Å². The zero-order chi connectivity index (χ0) is 13.7. The zero-order valence-corrected chi connectivity index (χ0v) is 11.9. The van der Waals surface area contributed by atoms with E-state index in [-0.39, 0.29) is 10.9 Å². The van der Waals surface area contributed by atoms with Crippen LogP contribution in [-0.2, 0) is 4.79 Å². The van der Waals surface area contributed by atoms with Crippen LogP contribution in [0.4, 0.5) is 0 Å². The normalized spacial score (nSPS) is 14.2. The number of rotatable bonds is 6. The minimum Gasteiger partial charge on any atom is -0.390 e. The Balaban J connectivity index is 2.53. The molecule has 0 aromatic carbocycles. The lowest BCUT2D eigenvalue weighted by Crippen LogP contribution is -2.18. The number of carbonyl (C=O) groups is 2. The van der Waals surface area contributed by atoms with Crippen LogP contribution in [-0.4, -0.2) is 33.0 Å². The average molecular weight is 288 g/mol. The van der Waals surface area contributed by atoms with Crippen molar-refractivity contribution in [2.75, 3.05) is 5.75 Å². The van der Waals surface area contributed by atoms with Gasteiger partial charge in [-0.2, -0.15) is 0 Å². The number of hydrogen-bond acceptors (Lipinski definition) is 6. The standard InChI is InChI=1S/C12H16O4S2/c1-7(13)11-5-9(6-18-11)12(16)10(15)3-4-17-8(2)14/h5-6,10,12,15-16H,3-4H2,1-2H3. The molecule has 0 spiro atoms. The zero-order valence-electron chi connectivity index (χ0n) is 10.3. The van der Waals surface area contributed by atoms with Crippen LogP contribution in [0.5, 0.6) is 0 Å². The molecule has 0 saturated carbocycles. The Morgan fingerprint density at radius 1 is 1.39 bits per heavy atom. The van der Waals surface area contributed by atoms with Gasteiger partial charge in [0.05, 0.1) is 11.0 Å². The molecule has 1 heterocycles. The number of thioether (sulfide) groups is 1. The SMILES string of the molecule is CC(=O)SCCC(O)C(O)c1csc(C(C)=O)c1. The van der Waals surface area contributed by atoms with E-state index in [1.165, 1.54) is 25.2 Å². The molecular formula is C12H16O4S2. The Labute approximate surface area is 114 Å². The Morgan fingerprint density at radius 2 is 2.06 bits per heavy atom. The first-order valence-electron chi connectivity index (χ1n) is 5.50. The fourth-order valence-corrected chi connectivity index (χ4v) is 2.88. The molecule has 0 radical (unpaired) electrons. The van der Waals surface area contributed by atoms with Crippen molar-refractivity contribution in [3.05, 3.63) is 21.9 Å². The maximum atomic E-state index is 11.1. The van der Waals surface area contributed by atoms with Gasteiger partial charge in [-0.15, -0.1) is 11.3 Å². The highest BCUT2D eigenvalue weighted by molar-refractivity contribution is 8.13. The van der Waals surface area contributed by atoms with Crippen molar-refractivity contribution in [2.45, 2.75) is 32.5 Å². The molecule has 0 aliphatic heterocycles. The van der Waals surface area contributed by atoms with E-state index in [0.717, 1.165) is 11.8 Å². The van der Waals surface area contributed by atoms with Gasteiger partial charge in [0, 0.05) is 12.7 Å². The van der Waals surface area contributed by atoms with Gasteiger partial charge in [0.15, 0.2) is 10.9 Å². The highest BCUT2D eigenvalue weighted by atomic mass is 32.2. The summed E-state index contributed by atoms with van der Waals surface area (Å²) in [5, 5.41) is 21.3. The van der Waals surface area contributed by atoms with Crippen molar-refractivity contribution < 1.29 is 19.8 Å². The Hall–Kier alpha value is -0.690. The van der Waals surface area contributed by atoms with Gasteiger partial charge in [-0.25, -0.2) is 0 Å². The second-order valence-corrected chi connectivity index (χ2v) is 6.12. The molecule has 18 heavy (non-hydrogen) atoms. The number of thiophene rings is 1. The molecule has 0 aliphatic rings. The van der Waals surface area contributed by atoms with Gasteiger partial charge in [-0.3, -0.25) is 9.59 Å². The summed E-state index contributed by atoms with van der Waals surface area (Å²) in [7, 11) is 0. The molecule has 1 rings (SSSR count). The summed E-state index contributed by atoms with van der Waals surface area (Å²) in [5.41, 5.74) is 0.547. The van der Waals surface area contributed by atoms with Crippen molar-refractivity contribution in [1.82, 2.24) is 0 Å². The fraction of sp³-hybridized carbons (Fsp3) is 0.500. The molecular weight excluding hydrogens is 272 g/mol. The molecule has 1 aromatic heterocycles. The Bertz CT molecular complexity index is 427. The first kappa shape index (κ1) is 15.4. The summed E-state index contributed by atoms with van der Waals surface area (Å²) in [5.74, 6) is 0.414. The summed E-state index contributed by atoms with van der Waals surface area (Å²) >= 11 is 2.37. The molecule has 2 N–H and O–H groups in total. The van der Waals surface area contributed by atoms with E-state index in [1.54, 1.807) is 11.4 Å². The highest BCUT2D eigenvalue weighted by Crippen LogP contribution is 2.25. The number of aliphatic hydroxyl groups is 2. The lowest BCUT2D eigenvalue weighted by molar-refractivity contribution is -0.109. The fourth-order valence-electron chi connectivity index (χ4n) is 1.39. The van der Waals surface area contributed by atoms with Crippen LogP contribution < -0.4 is 0 Å². The van der Waals surface area contributed by atoms with E-state index in [1.807, 2.05) is 0 Å². The van der Waals surface area contributed by atoms with Crippen LogP contribution in [0.2, 0.25) is 0 Å². The van der Waals surface area contributed by atoms with Crippen molar-refractivity contribution in [1.29, 1.82) is 0 Å². The largest absolute Gasteiger partial charge is 0.390 e. The van der Waals surface area contributed by atoms with Crippen LogP contribution in [0, 0.1) is 0 Å². The van der Waals surface area contributed by atoms with E-state index in [2.05, 4.69) is 0 Å². The quantitative estimate of drug-likeness (QED) is 0.783. The van der Waals surface area contributed by atoms with Gasteiger partial charge in [0.2, 0.25) is 0 Å². The maximum absolute atomic E-state index is 11.1. The number of aliphatic hydroxyl groups excluding tert-OH is 2. The van der Waals surface area contributed by atoms with Crippen LogP contribution >= 0.6 is 23.1 Å². The number of carbonyl (C=O) groups excluding carboxylic acids is 2. The Morgan fingerprint density at radius 3 is 2.56 bits per heavy atom. The van der Waals surface area contributed by atoms with Gasteiger partial charge >= 0.3 is 0 Å². The molecule has 0 bridgehead atoms. The monoisotopic (exact) mass is 288 g/mol. The smallest absolute Gasteiger partial charge is 0.185 e. The summed E-state index contributed by atoms with van der Waals surface area (Å²) < 4.78 is 0. The van der Waals surface area contributed by atoms with E-state index in [9.17, 15) is 19.8 Å². The lowest BCUT2D eigenvalue weighted by Gasteiger charge is -2.16. The molecule has 1 aromatic rings. The predicted octanol–water partition coefficient (Wildman–Crippen LogP) is 2.01. The van der Waals surface area contributed by atoms with Crippen molar-refractivity contribution in [3.63, 3.8) is 0 Å². The van der Waals surface area contributed by atoms with Gasteiger partial charge in [-0.1, -0.05) is 11.8 Å². The van der Waals surface area contributed by atoms with Crippen LogP contribution in [0.25, 0.3) is 0 Å². The summed E-state index contributed by atoms with van der Waals surface area (Å²) in [6, 6.07) is 1.60. The van der Waals surface area contributed by atoms with Crippen LogP contribution in [0.1, 0.15) is 41.6 Å². The molecule has 0 amide bonds. The average Bonchev–Trinajstić information content (AvgIpc) is 2.76. The summed E-state index contributed by atoms with van der Waals surface area (Å²) in [4.78, 5) is 22.4. The molecule has 2 atom stereocenters. The number of hydrogen-bond donors (Lipinski definition) is 2. The first-order valence-corrected chi connectivity index (χ1v) is 7.37. The van der Waals surface area contributed by atoms with Crippen molar-refractivity contribution in [2.24, 2.45) is 0 Å².